The Morgan fingerprint density at radius 1 is 1.15 bits per heavy atom. The third-order valence-electron chi connectivity index (χ3n) is 3.92. The fourth-order valence-electron chi connectivity index (χ4n) is 2.67. The van der Waals surface area contributed by atoms with Gasteiger partial charge in [-0.1, -0.05) is 42.5 Å². The van der Waals surface area contributed by atoms with E-state index in [1.807, 2.05) is 0 Å². The van der Waals surface area contributed by atoms with Crippen molar-refractivity contribution in [3.63, 3.8) is 0 Å². The van der Waals surface area contributed by atoms with Gasteiger partial charge < -0.3 is 10.1 Å². The van der Waals surface area contributed by atoms with Crippen LogP contribution in [0.5, 0.6) is 5.75 Å². The van der Waals surface area contributed by atoms with Gasteiger partial charge in [-0.05, 0) is 42.6 Å². The summed E-state index contributed by atoms with van der Waals surface area (Å²) in [7, 11) is 0. The van der Waals surface area contributed by atoms with E-state index in [0.717, 1.165) is 31.7 Å². The van der Waals surface area contributed by atoms with Crippen LogP contribution >= 0.6 is 0 Å². The van der Waals surface area contributed by atoms with Gasteiger partial charge in [0.1, 0.15) is 5.75 Å². The summed E-state index contributed by atoms with van der Waals surface area (Å²) in [5.41, 5.74) is 4.08. The van der Waals surface area contributed by atoms with E-state index >= 15 is 0 Å². The average molecular weight is 267 g/mol. The minimum absolute atomic E-state index is 0.379. The molecule has 1 heterocycles. The molecule has 0 saturated carbocycles. The highest BCUT2D eigenvalue weighted by Gasteiger charge is 2.14. The van der Waals surface area contributed by atoms with Crippen molar-refractivity contribution < 1.29 is 4.74 Å². The monoisotopic (exact) mass is 267 g/mol. The SMILES string of the molecule is CC(NCCc1ccccc1)c1ccc2c(c1)CCO2. The lowest BCUT2D eigenvalue weighted by atomic mass is 10.0. The van der Waals surface area contributed by atoms with Crippen LogP contribution in [-0.2, 0) is 12.8 Å². The van der Waals surface area contributed by atoms with Crippen molar-refractivity contribution in [3.8, 4) is 5.75 Å². The molecule has 2 nitrogen and oxygen atoms in total. The molecule has 0 saturated heterocycles. The summed E-state index contributed by atoms with van der Waals surface area (Å²) in [4.78, 5) is 0. The molecule has 2 heteroatoms. The van der Waals surface area contributed by atoms with Crippen molar-refractivity contribution in [2.75, 3.05) is 13.2 Å². The third kappa shape index (κ3) is 3.02. The summed E-state index contributed by atoms with van der Waals surface area (Å²) in [5, 5.41) is 3.60. The van der Waals surface area contributed by atoms with Crippen molar-refractivity contribution in [2.45, 2.75) is 25.8 Å². The third-order valence-corrected chi connectivity index (χ3v) is 3.92. The second kappa shape index (κ2) is 6.10. The van der Waals surface area contributed by atoms with E-state index in [1.54, 1.807) is 0 Å². The molecule has 1 aliphatic rings. The largest absolute Gasteiger partial charge is 0.493 e. The zero-order valence-corrected chi connectivity index (χ0v) is 11.9. The second-order valence-corrected chi connectivity index (χ2v) is 5.38. The molecule has 0 spiro atoms. The molecular weight excluding hydrogens is 246 g/mol. The molecule has 0 radical (unpaired) electrons. The van der Waals surface area contributed by atoms with E-state index in [0.29, 0.717) is 6.04 Å². The molecule has 0 fully saturated rings. The number of nitrogens with one attached hydrogen (secondary N) is 1. The molecule has 2 aromatic rings. The number of hydrogen-bond acceptors (Lipinski definition) is 2. The van der Waals surface area contributed by atoms with Gasteiger partial charge in [-0.3, -0.25) is 0 Å². The Hall–Kier alpha value is -1.80. The van der Waals surface area contributed by atoms with Gasteiger partial charge in [0.2, 0.25) is 0 Å². The highest BCUT2D eigenvalue weighted by molar-refractivity contribution is 5.40. The van der Waals surface area contributed by atoms with Crippen LogP contribution in [0, 0.1) is 0 Å². The first-order valence-corrected chi connectivity index (χ1v) is 7.36. The Bertz CT molecular complexity index is 565. The quantitative estimate of drug-likeness (QED) is 0.895. The molecule has 104 valence electrons. The van der Waals surface area contributed by atoms with Crippen molar-refractivity contribution in [1.29, 1.82) is 0 Å². The fraction of sp³-hybridized carbons (Fsp3) is 0.333. The van der Waals surface area contributed by atoms with Crippen molar-refractivity contribution in [2.24, 2.45) is 0 Å². The maximum atomic E-state index is 5.55. The Morgan fingerprint density at radius 3 is 2.85 bits per heavy atom. The van der Waals surface area contributed by atoms with E-state index in [1.165, 1.54) is 16.7 Å². The first-order valence-electron chi connectivity index (χ1n) is 7.36. The summed E-state index contributed by atoms with van der Waals surface area (Å²) in [6, 6.07) is 17.5. The van der Waals surface area contributed by atoms with E-state index in [-0.39, 0.29) is 0 Å². The molecule has 0 aliphatic carbocycles. The fourth-order valence-corrected chi connectivity index (χ4v) is 2.67. The van der Waals surface area contributed by atoms with Crippen molar-refractivity contribution in [1.82, 2.24) is 5.32 Å². The van der Waals surface area contributed by atoms with E-state index in [4.69, 9.17) is 4.74 Å². The van der Waals surface area contributed by atoms with Gasteiger partial charge in [0.15, 0.2) is 0 Å². The van der Waals surface area contributed by atoms with Crippen LogP contribution in [0.2, 0.25) is 0 Å². The van der Waals surface area contributed by atoms with Crippen LogP contribution in [0.25, 0.3) is 0 Å². The first-order chi connectivity index (χ1) is 9.83. The van der Waals surface area contributed by atoms with Gasteiger partial charge in [-0.25, -0.2) is 0 Å². The maximum absolute atomic E-state index is 5.55. The zero-order valence-electron chi connectivity index (χ0n) is 11.9. The van der Waals surface area contributed by atoms with Gasteiger partial charge in [0.25, 0.3) is 0 Å². The van der Waals surface area contributed by atoms with Crippen LogP contribution < -0.4 is 10.1 Å². The van der Waals surface area contributed by atoms with Gasteiger partial charge in [-0.15, -0.1) is 0 Å². The molecule has 0 aromatic heterocycles. The molecule has 1 atom stereocenters. The number of hydrogen-bond donors (Lipinski definition) is 1. The molecule has 3 rings (SSSR count). The highest BCUT2D eigenvalue weighted by atomic mass is 16.5. The van der Waals surface area contributed by atoms with Crippen LogP contribution in [0.15, 0.2) is 48.5 Å². The number of rotatable bonds is 5. The predicted octanol–water partition coefficient (Wildman–Crippen LogP) is 3.51. The topological polar surface area (TPSA) is 21.3 Å². The Labute approximate surface area is 120 Å². The maximum Gasteiger partial charge on any atom is 0.122 e. The highest BCUT2D eigenvalue weighted by Crippen LogP contribution is 2.28. The minimum atomic E-state index is 0.379. The zero-order chi connectivity index (χ0) is 13.8. The lowest BCUT2D eigenvalue weighted by molar-refractivity contribution is 0.356. The van der Waals surface area contributed by atoms with E-state index < -0.39 is 0 Å². The normalized spacial score (nSPS) is 14.7. The molecular formula is C18H21NO. The summed E-state index contributed by atoms with van der Waals surface area (Å²) < 4.78 is 5.55. The Balaban J connectivity index is 1.55. The molecule has 0 bridgehead atoms. The van der Waals surface area contributed by atoms with Crippen LogP contribution in [0.1, 0.15) is 29.7 Å². The summed E-state index contributed by atoms with van der Waals surface area (Å²) in [6.07, 6.45) is 2.11. The van der Waals surface area contributed by atoms with Gasteiger partial charge in [0, 0.05) is 12.5 Å². The molecule has 1 N–H and O–H groups in total. The molecule has 1 unspecified atom stereocenters. The molecule has 0 amide bonds. The van der Waals surface area contributed by atoms with Crippen LogP contribution in [0.3, 0.4) is 0 Å². The van der Waals surface area contributed by atoms with E-state index in [2.05, 4.69) is 60.8 Å². The van der Waals surface area contributed by atoms with Crippen molar-refractivity contribution >= 4 is 0 Å². The van der Waals surface area contributed by atoms with Gasteiger partial charge >= 0.3 is 0 Å². The van der Waals surface area contributed by atoms with E-state index in [9.17, 15) is 0 Å². The smallest absolute Gasteiger partial charge is 0.122 e. The molecule has 20 heavy (non-hydrogen) atoms. The van der Waals surface area contributed by atoms with Gasteiger partial charge in [0.05, 0.1) is 6.61 Å². The lowest BCUT2D eigenvalue weighted by Crippen LogP contribution is -2.21. The number of benzene rings is 2. The summed E-state index contributed by atoms with van der Waals surface area (Å²) in [5.74, 6) is 1.06. The summed E-state index contributed by atoms with van der Waals surface area (Å²) in [6.45, 7) is 4.05. The van der Waals surface area contributed by atoms with Gasteiger partial charge in [-0.2, -0.15) is 0 Å². The summed E-state index contributed by atoms with van der Waals surface area (Å²) >= 11 is 0. The average Bonchev–Trinajstić information content (AvgIpc) is 2.95. The Morgan fingerprint density at radius 2 is 2.00 bits per heavy atom. The second-order valence-electron chi connectivity index (χ2n) is 5.38. The number of fused-ring (bicyclic) bond motifs is 1. The minimum Gasteiger partial charge on any atom is -0.493 e. The molecule has 1 aliphatic heterocycles. The lowest BCUT2D eigenvalue weighted by Gasteiger charge is -2.15. The van der Waals surface area contributed by atoms with Crippen molar-refractivity contribution in [3.05, 3.63) is 65.2 Å². The van der Waals surface area contributed by atoms with Crippen LogP contribution in [0.4, 0.5) is 0 Å². The standard InChI is InChI=1S/C18H21NO/c1-14(19-11-9-15-5-3-2-4-6-15)16-7-8-18-17(13-16)10-12-20-18/h2-8,13-14,19H,9-12H2,1H3. The Kier molecular flexibility index (Phi) is 4.03. The first kappa shape index (κ1) is 13.2. The predicted molar refractivity (Wildman–Crippen MR) is 82.2 cm³/mol. The molecule has 2 aromatic carbocycles. The van der Waals surface area contributed by atoms with Crippen LogP contribution in [-0.4, -0.2) is 13.2 Å². The number of ether oxygens (including phenoxy) is 1.